The Balaban J connectivity index is 2.43. The van der Waals surface area contributed by atoms with E-state index in [1.807, 2.05) is 12.1 Å². The molecule has 1 heterocycles. The molecule has 0 unspecified atom stereocenters. The molecular weight excluding hydrogens is 208 g/mol. The number of hydrogen-bond acceptors (Lipinski definition) is 1. The fourth-order valence-electron chi connectivity index (χ4n) is 1.74. The van der Waals surface area contributed by atoms with Crippen LogP contribution in [-0.2, 0) is 0 Å². The van der Waals surface area contributed by atoms with Gasteiger partial charge >= 0.3 is 0 Å². The number of rotatable bonds is 1. The average molecular weight is 219 g/mol. The zero-order valence-electron chi connectivity index (χ0n) is 8.26. The summed E-state index contributed by atoms with van der Waals surface area (Å²) in [5.41, 5.74) is 2.92. The van der Waals surface area contributed by atoms with Gasteiger partial charge in [-0.3, -0.25) is 0 Å². The van der Waals surface area contributed by atoms with Gasteiger partial charge in [-0.05, 0) is 30.7 Å². The van der Waals surface area contributed by atoms with Gasteiger partial charge in [-0.15, -0.1) is 0 Å². The quantitative estimate of drug-likeness (QED) is 0.716. The van der Waals surface area contributed by atoms with Crippen LogP contribution in [0.1, 0.15) is 12.0 Å². The summed E-state index contributed by atoms with van der Waals surface area (Å²) in [6.45, 7) is 8.99. The van der Waals surface area contributed by atoms with Gasteiger partial charge in [-0.2, -0.15) is 0 Å². The van der Waals surface area contributed by atoms with Gasteiger partial charge in [-0.25, -0.2) is 4.85 Å². The first-order chi connectivity index (χ1) is 7.31. The van der Waals surface area contributed by atoms with E-state index >= 15 is 0 Å². The normalized spacial score (nSPS) is 15.6. The molecule has 1 aromatic carbocycles. The van der Waals surface area contributed by atoms with E-state index in [2.05, 4.69) is 16.2 Å². The standard InChI is InChI=1S/C12H11ClN2/c1-14-12-8-10(13)2-3-11(12)9-4-6-15-7-5-9/h2-4,8,15H,5-7H2. The van der Waals surface area contributed by atoms with E-state index in [0.717, 1.165) is 25.1 Å². The fourth-order valence-corrected chi connectivity index (χ4v) is 1.90. The molecule has 1 N–H and O–H groups in total. The minimum absolute atomic E-state index is 0.624. The Morgan fingerprint density at radius 3 is 2.93 bits per heavy atom. The predicted octanol–water partition coefficient (Wildman–Crippen LogP) is 3.27. The first-order valence-corrected chi connectivity index (χ1v) is 5.26. The second kappa shape index (κ2) is 4.48. The molecule has 0 bridgehead atoms. The molecule has 0 aliphatic carbocycles. The lowest BCUT2D eigenvalue weighted by molar-refractivity contribution is 0.739. The lowest BCUT2D eigenvalue weighted by atomic mass is 9.99. The predicted molar refractivity (Wildman–Crippen MR) is 63.2 cm³/mol. The van der Waals surface area contributed by atoms with Crippen LogP contribution >= 0.6 is 11.6 Å². The zero-order chi connectivity index (χ0) is 10.7. The van der Waals surface area contributed by atoms with Gasteiger partial charge in [-0.1, -0.05) is 29.3 Å². The van der Waals surface area contributed by atoms with Gasteiger partial charge in [0.2, 0.25) is 0 Å². The minimum Gasteiger partial charge on any atom is -0.313 e. The van der Waals surface area contributed by atoms with Gasteiger partial charge in [0, 0.05) is 11.6 Å². The molecule has 0 radical (unpaired) electrons. The molecule has 1 aliphatic rings. The van der Waals surface area contributed by atoms with E-state index in [9.17, 15) is 0 Å². The van der Waals surface area contributed by atoms with Crippen molar-refractivity contribution < 1.29 is 0 Å². The summed E-state index contributed by atoms with van der Waals surface area (Å²) in [6.07, 6.45) is 3.12. The fraction of sp³-hybridized carbons (Fsp3) is 0.250. The molecule has 0 saturated carbocycles. The highest BCUT2D eigenvalue weighted by molar-refractivity contribution is 6.31. The number of nitrogens with one attached hydrogen (secondary N) is 1. The minimum atomic E-state index is 0.624. The first kappa shape index (κ1) is 10.2. The van der Waals surface area contributed by atoms with Crippen molar-refractivity contribution in [3.63, 3.8) is 0 Å². The molecule has 76 valence electrons. The Morgan fingerprint density at radius 2 is 2.27 bits per heavy atom. The highest BCUT2D eigenvalue weighted by Crippen LogP contribution is 2.31. The van der Waals surface area contributed by atoms with E-state index in [0.29, 0.717) is 10.7 Å². The van der Waals surface area contributed by atoms with Gasteiger partial charge in [0.15, 0.2) is 5.69 Å². The van der Waals surface area contributed by atoms with E-state index in [1.54, 1.807) is 6.07 Å². The van der Waals surface area contributed by atoms with Crippen LogP contribution in [0, 0.1) is 6.57 Å². The highest BCUT2D eigenvalue weighted by atomic mass is 35.5. The lowest BCUT2D eigenvalue weighted by Gasteiger charge is -2.15. The maximum atomic E-state index is 7.12. The maximum absolute atomic E-state index is 7.12. The van der Waals surface area contributed by atoms with E-state index in [4.69, 9.17) is 18.2 Å². The van der Waals surface area contributed by atoms with Crippen LogP contribution in [-0.4, -0.2) is 13.1 Å². The van der Waals surface area contributed by atoms with Crippen molar-refractivity contribution in [2.24, 2.45) is 0 Å². The Morgan fingerprint density at radius 1 is 1.40 bits per heavy atom. The SMILES string of the molecule is [C-]#[N+]c1cc(Cl)ccc1C1=CCNCC1. The molecule has 0 atom stereocenters. The van der Waals surface area contributed by atoms with Crippen molar-refractivity contribution in [2.75, 3.05) is 13.1 Å². The van der Waals surface area contributed by atoms with Crippen LogP contribution in [0.5, 0.6) is 0 Å². The molecule has 2 nitrogen and oxygen atoms in total. The molecule has 3 heteroatoms. The van der Waals surface area contributed by atoms with Gasteiger partial charge < -0.3 is 5.32 Å². The number of nitrogens with zero attached hydrogens (tertiary/aromatic N) is 1. The number of hydrogen-bond donors (Lipinski definition) is 1. The average Bonchev–Trinajstić information content (AvgIpc) is 2.30. The summed E-state index contributed by atoms with van der Waals surface area (Å²) in [7, 11) is 0. The van der Waals surface area contributed by atoms with E-state index in [-0.39, 0.29) is 0 Å². The summed E-state index contributed by atoms with van der Waals surface area (Å²) >= 11 is 5.86. The van der Waals surface area contributed by atoms with Crippen molar-refractivity contribution in [3.05, 3.63) is 46.3 Å². The van der Waals surface area contributed by atoms with Crippen LogP contribution in [0.15, 0.2) is 24.3 Å². The van der Waals surface area contributed by atoms with Crippen LogP contribution in [0.3, 0.4) is 0 Å². The summed E-state index contributed by atoms with van der Waals surface area (Å²) in [5, 5.41) is 3.88. The third-order valence-corrected chi connectivity index (χ3v) is 2.73. The Hall–Kier alpha value is -1.30. The largest absolute Gasteiger partial charge is 0.313 e. The van der Waals surface area contributed by atoms with E-state index in [1.165, 1.54) is 5.57 Å². The molecule has 0 saturated heterocycles. The molecular formula is C12H11ClN2. The second-order valence-electron chi connectivity index (χ2n) is 3.46. The Labute approximate surface area is 94.4 Å². The third kappa shape index (κ3) is 2.20. The first-order valence-electron chi connectivity index (χ1n) is 4.88. The summed E-state index contributed by atoms with van der Waals surface area (Å²) in [6, 6.07) is 5.51. The maximum Gasteiger partial charge on any atom is 0.196 e. The Kier molecular flexibility index (Phi) is 3.05. The van der Waals surface area contributed by atoms with Crippen molar-refractivity contribution in [2.45, 2.75) is 6.42 Å². The van der Waals surface area contributed by atoms with Crippen LogP contribution in [0.25, 0.3) is 10.4 Å². The van der Waals surface area contributed by atoms with E-state index < -0.39 is 0 Å². The Bertz CT molecular complexity index is 443. The van der Waals surface area contributed by atoms with Crippen LogP contribution in [0.4, 0.5) is 5.69 Å². The molecule has 1 aromatic rings. The molecule has 0 spiro atoms. The number of halogens is 1. The summed E-state index contributed by atoms with van der Waals surface area (Å²) in [5.74, 6) is 0. The van der Waals surface area contributed by atoms with Crippen molar-refractivity contribution >= 4 is 22.9 Å². The molecule has 0 amide bonds. The third-order valence-electron chi connectivity index (χ3n) is 2.49. The molecule has 0 aromatic heterocycles. The molecule has 1 aliphatic heterocycles. The van der Waals surface area contributed by atoms with Crippen molar-refractivity contribution in [1.82, 2.24) is 5.32 Å². The molecule has 15 heavy (non-hydrogen) atoms. The monoisotopic (exact) mass is 218 g/mol. The van der Waals surface area contributed by atoms with Gasteiger partial charge in [0.05, 0.1) is 6.57 Å². The topological polar surface area (TPSA) is 16.4 Å². The van der Waals surface area contributed by atoms with Crippen molar-refractivity contribution in [3.8, 4) is 0 Å². The van der Waals surface area contributed by atoms with Crippen molar-refractivity contribution in [1.29, 1.82) is 0 Å². The van der Waals surface area contributed by atoms with Crippen LogP contribution < -0.4 is 5.32 Å². The smallest absolute Gasteiger partial charge is 0.196 e. The highest BCUT2D eigenvalue weighted by Gasteiger charge is 2.10. The lowest BCUT2D eigenvalue weighted by Crippen LogP contribution is -2.20. The number of benzene rings is 1. The summed E-state index contributed by atoms with van der Waals surface area (Å²) < 4.78 is 0. The zero-order valence-corrected chi connectivity index (χ0v) is 9.01. The molecule has 2 rings (SSSR count). The van der Waals surface area contributed by atoms with Crippen LogP contribution in [0.2, 0.25) is 5.02 Å². The van der Waals surface area contributed by atoms with Gasteiger partial charge in [0.25, 0.3) is 0 Å². The van der Waals surface area contributed by atoms with Gasteiger partial charge in [0.1, 0.15) is 0 Å². The summed E-state index contributed by atoms with van der Waals surface area (Å²) in [4.78, 5) is 3.51. The molecule has 0 fully saturated rings. The second-order valence-corrected chi connectivity index (χ2v) is 3.89.